The summed E-state index contributed by atoms with van der Waals surface area (Å²) in [5.74, 6) is 2.20. The summed E-state index contributed by atoms with van der Waals surface area (Å²) in [5.41, 5.74) is 3.18. The lowest BCUT2D eigenvalue weighted by atomic mass is 10.0. The molecule has 1 aromatic rings. The molecule has 0 bridgehead atoms. The first kappa shape index (κ1) is 14.2. The van der Waals surface area contributed by atoms with Gasteiger partial charge in [-0.05, 0) is 54.4 Å². The summed E-state index contributed by atoms with van der Waals surface area (Å²) in [5, 5.41) is 3.21. The third kappa shape index (κ3) is 2.81. The number of nitrogens with one attached hydrogen (secondary N) is 1. The summed E-state index contributed by atoms with van der Waals surface area (Å²) in [4.78, 5) is 18.8. The van der Waals surface area contributed by atoms with Gasteiger partial charge >= 0.3 is 0 Å². The largest absolute Gasteiger partial charge is 0.344 e. The van der Waals surface area contributed by atoms with Crippen LogP contribution in [0.4, 0.5) is 5.82 Å². The topological polar surface area (TPSA) is 45.2 Å². The molecule has 0 radical (unpaired) electrons. The van der Waals surface area contributed by atoms with Crippen LogP contribution in [-0.2, 0) is 11.2 Å². The number of aromatic nitrogens is 1. The van der Waals surface area contributed by atoms with Crippen molar-refractivity contribution in [3.8, 4) is 0 Å². The zero-order valence-electron chi connectivity index (χ0n) is 13.2. The van der Waals surface area contributed by atoms with Crippen LogP contribution in [0.5, 0.6) is 0 Å². The van der Waals surface area contributed by atoms with Gasteiger partial charge in [0.05, 0.1) is 0 Å². The van der Waals surface area contributed by atoms with Crippen LogP contribution in [0, 0.1) is 11.8 Å². The summed E-state index contributed by atoms with van der Waals surface area (Å²) in [6.45, 7) is 5.69. The Morgan fingerprint density at radius 2 is 2.30 bits per heavy atom. The first-order valence-electron chi connectivity index (χ1n) is 8.26. The van der Waals surface area contributed by atoms with E-state index in [9.17, 15) is 4.79 Å². The molecule has 4 heteroatoms. The van der Waals surface area contributed by atoms with Gasteiger partial charge in [-0.1, -0.05) is 18.7 Å². The fourth-order valence-electron chi connectivity index (χ4n) is 3.68. The lowest BCUT2D eigenvalue weighted by Crippen LogP contribution is -2.27. The second kappa shape index (κ2) is 5.69. The average molecular weight is 307 g/mol. The Balaban J connectivity index is 1.43. The normalized spacial score (nSPS) is 25.6. The van der Waals surface area contributed by atoms with Crippen molar-refractivity contribution in [1.29, 1.82) is 0 Å². The number of hydrogen-bond acceptors (Lipinski definition) is 3. The highest BCUT2D eigenvalue weighted by Gasteiger charge is 2.34. The molecule has 4 nitrogen and oxygen atoms in total. The molecule has 118 valence electrons. The number of anilines is 1. The summed E-state index contributed by atoms with van der Waals surface area (Å²) in [7, 11) is 0. The van der Waals surface area contributed by atoms with Gasteiger partial charge in [0.1, 0.15) is 5.82 Å². The van der Waals surface area contributed by atoms with Crippen molar-refractivity contribution in [3.05, 3.63) is 53.9 Å². The molecule has 3 aliphatic rings. The molecule has 1 N–H and O–H groups in total. The third-order valence-corrected chi connectivity index (χ3v) is 5.02. The van der Waals surface area contributed by atoms with Crippen molar-refractivity contribution in [3.63, 3.8) is 0 Å². The number of aryl methyl sites for hydroxylation is 1. The van der Waals surface area contributed by atoms with Gasteiger partial charge in [0, 0.05) is 31.1 Å². The molecular formula is C19H21N3O. The Kier molecular flexibility index (Phi) is 3.52. The SMILES string of the molecule is C=C1CCc2cc(/C=C/C(=O)N3CC4C=CCC4C3)cnc2N1. The van der Waals surface area contributed by atoms with E-state index in [2.05, 4.69) is 35.1 Å². The van der Waals surface area contributed by atoms with Crippen LogP contribution in [0.1, 0.15) is 24.0 Å². The summed E-state index contributed by atoms with van der Waals surface area (Å²) < 4.78 is 0. The molecule has 4 rings (SSSR count). The summed E-state index contributed by atoms with van der Waals surface area (Å²) >= 11 is 0. The fourth-order valence-corrected chi connectivity index (χ4v) is 3.68. The minimum atomic E-state index is 0.108. The predicted molar refractivity (Wildman–Crippen MR) is 91.7 cm³/mol. The van der Waals surface area contributed by atoms with Gasteiger partial charge in [0.25, 0.3) is 0 Å². The van der Waals surface area contributed by atoms with Crippen LogP contribution in [-0.4, -0.2) is 28.9 Å². The van der Waals surface area contributed by atoms with Crippen molar-refractivity contribution in [1.82, 2.24) is 9.88 Å². The highest BCUT2D eigenvalue weighted by molar-refractivity contribution is 5.92. The van der Waals surface area contributed by atoms with Crippen LogP contribution in [0.3, 0.4) is 0 Å². The van der Waals surface area contributed by atoms with E-state index in [0.717, 1.165) is 49.4 Å². The second-order valence-corrected chi connectivity index (χ2v) is 6.67. The van der Waals surface area contributed by atoms with Crippen molar-refractivity contribution < 1.29 is 4.79 Å². The number of nitrogens with zero attached hydrogens (tertiary/aromatic N) is 2. The van der Waals surface area contributed by atoms with E-state index >= 15 is 0 Å². The zero-order chi connectivity index (χ0) is 15.8. The number of hydrogen-bond donors (Lipinski definition) is 1. The summed E-state index contributed by atoms with van der Waals surface area (Å²) in [6.07, 6.45) is 12.9. The summed E-state index contributed by atoms with van der Waals surface area (Å²) in [6, 6.07) is 2.10. The Hall–Kier alpha value is -2.36. The average Bonchev–Trinajstić information content (AvgIpc) is 3.14. The number of fused-ring (bicyclic) bond motifs is 2. The number of rotatable bonds is 2. The Morgan fingerprint density at radius 3 is 3.17 bits per heavy atom. The van der Waals surface area contributed by atoms with E-state index in [1.54, 1.807) is 12.3 Å². The molecule has 0 saturated carbocycles. The number of pyridine rings is 1. The minimum Gasteiger partial charge on any atom is -0.344 e. The number of amides is 1. The van der Waals surface area contributed by atoms with E-state index in [1.807, 2.05) is 11.0 Å². The molecule has 0 aromatic carbocycles. The van der Waals surface area contributed by atoms with Crippen molar-refractivity contribution >= 4 is 17.8 Å². The standard InChI is InChI=1S/C19H21N3O/c1-13-5-7-15-9-14(10-20-19(15)21-13)6-8-18(23)22-11-16-3-2-4-17(16)12-22/h2-3,6,8-10,16-17H,1,4-5,7,11-12H2,(H,20,21)/b8-6+. The first-order chi connectivity index (χ1) is 11.2. The van der Waals surface area contributed by atoms with E-state index in [1.165, 1.54) is 5.56 Å². The van der Waals surface area contributed by atoms with Gasteiger partial charge in [-0.2, -0.15) is 0 Å². The van der Waals surface area contributed by atoms with Gasteiger partial charge in [-0.25, -0.2) is 4.98 Å². The smallest absolute Gasteiger partial charge is 0.246 e. The van der Waals surface area contributed by atoms with Crippen LogP contribution in [0.15, 0.2) is 42.8 Å². The zero-order valence-corrected chi connectivity index (χ0v) is 13.2. The fraction of sp³-hybridized carbons (Fsp3) is 0.368. The Morgan fingerprint density at radius 1 is 1.39 bits per heavy atom. The van der Waals surface area contributed by atoms with Crippen molar-refractivity contribution in [2.45, 2.75) is 19.3 Å². The van der Waals surface area contributed by atoms with Gasteiger partial charge in [-0.3, -0.25) is 4.79 Å². The van der Waals surface area contributed by atoms with E-state index in [-0.39, 0.29) is 5.91 Å². The molecule has 2 unspecified atom stereocenters. The molecular weight excluding hydrogens is 286 g/mol. The van der Waals surface area contributed by atoms with Gasteiger partial charge in [-0.15, -0.1) is 0 Å². The molecule has 1 amide bonds. The molecule has 2 atom stereocenters. The Labute approximate surface area is 136 Å². The van der Waals surface area contributed by atoms with E-state index in [0.29, 0.717) is 11.8 Å². The molecule has 0 spiro atoms. The minimum absolute atomic E-state index is 0.108. The second-order valence-electron chi connectivity index (χ2n) is 6.67. The molecule has 1 aliphatic carbocycles. The van der Waals surface area contributed by atoms with Crippen LogP contribution < -0.4 is 5.32 Å². The maximum Gasteiger partial charge on any atom is 0.246 e. The van der Waals surface area contributed by atoms with Crippen LogP contribution in [0.2, 0.25) is 0 Å². The van der Waals surface area contributed by atoms with Gasteiger partial charge in [0.15, 0.2) is 0 Å². The van der Waals surface area contributed by atoms with Crippen molar-refractivity contribution in [2.24, 2.45) is 11.8 Å². The lowest BCUT2D eigenvalue weighted by molar-refractivity contribution is -0.125. The third-order valence-electron chi connectivity index (χ3n) is 5.02. The maximum atomic E-state index is 12.4. The molecule has 3 heterocycles. The number of carbonyl (C=O) groups is 1. The van der Waals surface area contributed by atoms with Gasteiger partial charge in [0.2, 0.25) is 5.91 Å². The predicted octanol–water partition coefficient (Wildman–Crippen LogP) is 3.00. The maximum absolute atomic E-state index is 12.4. The van der Waals surface area contributed by atoms with Crippen LogP contribution in [0.25, 0.3) is 6.08 Å². The van der Waals surface area contributed by atoms with E-state index < -0.39 is 0 Å². The number of carbonyl (C=O) groups excluding carboxylic acids is 1. The highest BCUT2D eigenvalue weighted by atomic mass is 16.2. The van der Waals surface area contributed by atoms with E-state index in [4.69, 9.17) is 0 Å². The number of allylic oxidation sites excluding steroid dienone is 2. The van der Waals surface area contributed by atoms with Crippen LogP contribution >= 0.6 is 0 Å². The number of likely N-dealkylation sites (tertiary alicyclic amines) is 1. The van der Waals surface area contributed by atoms with Crippen molar-refractivity contribution in [2.75, 3.05) is 18.4 Å². The molecule has 1 fully saturated rings. The van der Waals surface area contributed by atoms with Gasteiger partial charge < -0.3 is 10.2 Å². The quantitative estimate of drug-likeness (QED) is 0.675. The highest BCUT2D eigenvalue weighted by Crippen LogP contribution is 2.32. The molecule has 1 saturated heterocycles. The Bertz CT molecular complexity index is 719. The molecule has 2 aliphatic heterocycles. The lowest BCUT2D eigenvalue weighted by Gasteiger charge is -2.19. The monoisotopic (exact) mass is 307 g/mol. The molecule has 1 aromatic heterocycles. The molecule has 23 heavy (non-hydrogen) atoms. The first-order valence-corrected chi connectivity index (χ1v) is 8.26.